The van der Waals surface area contributed by atoms with Crippen LogP contribution in [0.4, 0.5) is 0 Å². The van der Waals surface area contributed by atoms with Crippen LogP contribution in [0.2, 0.25) is 0 Å². The van der Waals surface area contributed by atoms with Crippen molar-refractivity contribution < 1.29 is 19.0 Å². The van der Waals surface area contributed by atoms with E-state index in [0.717, 1.165) is 17.7 Å². The molecule has 3 rings (SSSR count). The number of nitrogens with zero attached hydrogens (tertiary/aromatic N) is 1. The van der Waals surface area contributed by atoms with Gasteiger partial charge in [-0.3, -0.25) is 9.69 Å². The smallest absolute Gasteiger partial charge is 0.323 e. The van der Waals surface area contributed by atoms with Gasteiger partial charge in [0.1, 0.15) is 6.04 Å². The van der Waals surface area contributed by atoms with E-state index < -0.39 is 0 Å². The van der Waals surface area contributed by atoms with Crippen LogP contribution < -0.4 is 0 Å². The van der Waals surface area contributed by atoms with Crippen molar-refractivity contribution in [2.75, 3.05) is 21.3 Å². The van der Waals surface area contributed by atoms with Crippen molar-refractivity contribution in [2.24, 2.45) is 0 Å². The van der Waals surface area contributed by atoms with Crippen molar-refractivity contribution in [2.45, 2.75) is 31.8 Å². The van der Waals surface area contributed by atoms with E-state index in [0.29, 0.717) is 13.0 Å². The minimum absolute atomic E-state index is 0.185. The lowest BCUT2D eigenvalue weighted by Gasteiger charge is -2.35. The summed E-state index contributed by atoms with van der Waals surface area (Å²) in [5, 5.41) is 0. The predicted molar refractivity (Wildman–Crippen MR) is 98.4 cm³/mol. The first-order valence-electron chi connectivity index (χ1n) is 8.69. The van der Waals surface area contributed by atoms with Gasteiger partial charge in [-0.15, -0.1) is 0 Å². The summed E-state index contributed by atoms with van der Waals surface area (Å²) in [6.07, 6.45) is 0.310. The first-order valence-corrected chi connectivity index (χ1v) is 8.69. The lowest BCUT2D eigenvalue weighted by Crippen LogP contribution is -2.45. The molecule has 0 amide bonds. The fourth-order valence-electron chi connectivity index (χ4n) is 3.49. The van der Waals surface area contributed by atoms with Gasteiger partial charge in [0.2, 0.25) is 0 Å². The third-order valence-electron chi connectivity index (χ3n) is 4.88. The second-order valence-corrected chi connectivity index (χ2v) is 6.46. The quantitative estimate of drug-likeness (QED) is 0.589. The molecule has 0 spiro atoms. The molecule has 1 aliphatic rings. The number of hydrogen-bond acceptors (Lipinski definition) is 5. The number of carbonyl (C=O) groups is 1. The van der Waals surface area contributed by atoms with Crippen molar-refractivity contribution in [1.29, 1.82) is 0 Å². The minimum atomic E-state index is -0.367. The Labute approximate surface area is 154 Å². The highest BCUT2D eigenvalue weighted by molar-refractivity contribution is 5.76. The Morgan fingerprint density at radius 3 is 2.31 bits per heavy atom. The van der Waals surface area contributed by atoms with Crippen LogP contribution in [0.25, 0.3) is 0 Å². The summed E-state index contributed by atoms with van der Waals surface area (Å²) < 4.78 is 15.6. The van der Waals surface area contributed by atoms with Gasteiger partial charge in [0.05, 0.1) is 7.11 Å². The Kier molecular flexibility index (Phi) is 6.04. The van der Waals surface area contributed by atoms with Crippen molar-refractivity contribution in [3.05, 3.63) is 70.8 Å². The van der Waals surface area contributed by atoms with Gasteiger partial charge in [-0.1, -0.05) is 48.5 Å². The lowest BCUT2D eigenvalue weighted by atomic mass is 9.93. The van der Waals surface area contributed by atoms with Crippen LogP contribution in [0.3, 0.4) is 0 Å². The molecule has 0 aliphatic carbocycles. The van der Waals surface area contributed by atoms with Crippen molar-refractivity contribution in [3.8, 4) is 0 Å². The number of benzene rings is 2. The van der Waals surface area contributed by atoms with Gasteiger partial charge in [-0.25, -0.2) is 0 Å². The second-order valence-electron chi connectivity index (χ2n) is 6.46. The molecule has 0 saturated heterocycles. The molecule has 0 aromatic heterocycles. The van der Waals surface area contributed by atoms with Gasteiger partial charge in [-0.05, 0) is 23.1 Å². The van der Waals surface area contributed by atoms with E-state index in [1.807, 2.05) is 24.3 Å². The Morgan fingerprint density at radius 2 is 1.69 bits per heavy atom. The summed E-state index contributed by atoms with van der Waals surface area (Å²) in [6, 6.07) is 16.1. The van der Waals surface area contributed by atoms with Gasteiger partial charge in [0, 0.05) is 32.9 Å². The average Bonchev–Trinajstić information content (AvgIpc) is 2.69. The highest BCUT2D eigenvalue weighted by Crippen LogP contribution is 2.26. The number of methoxy groups -OCH3 is 3. The molecule has 2 aromatic rings. The SMILES string of the molecule is COC(=O)[C@@H]1Cc2ccccc2CN1Cc1ccc(C(OC)OC)cc1. The Bertz CT molecular complexity index is 740. The molecule has 0 N–H and O–H groups in total. The molecule has 5 heteroatoms. The van der Waals surface area contributed by atoms with Crippen LogP contribution in [0.1, 0.15) is 28.5 Å². The maximum absolute atomic E-state index is 12.3. The minimum Gasteiger partial charge on any atom is -0.468 e. The van der Waals surface area contributed by atoms with Crippen LogP contribution in [0.15, 0.2) is 48.5 Å². The van der Waals surface area contributed by atoms with E-state index in [2.05, 4.69) is 29.2 Å². The van der Waals surface area contributed by atoms with Crippen LogP contribution in [0, 0.1) is 0 Å². The summed E-state index contributed by atoms with van der Waals surface area (Å²) in [7, 11) is 4.69. The number of ether oxygens (including phenoxy) is 3. The topological polar surface area (TPSA) is 48.0 Å². The monoisotopic (exact) mass is 355 g/mol. The Balaban J connectivity index is 1.79. The predicted octanol–water partition coefficient (Wildman–Crippen LogP) is 3.08. The molecular weight excluding hydrogens is 330 g/mol. The van der Waals surface area contributed by atoms with Crippen molar-refractivity contribution in [3.63, 3.8) is 0 Å². The summed E-state index contributed by atoms with van der Waals surface area (Å²) in [6.45, 7) is 1.41. The highest BCUT2D eigenvalue weighted by atomic mass is 16.7. The van der Waals surface area contributed by atoms with E-state index >= 15 is 0 Å². The number of carbonyl (C=O) groups excluding carboxylic acids is 1. The van der Waals surface area contributed by atoms with Crippen molar-refractivity contribution in [1.82, 2.24) is 4.90 Å². The maximum atomic E-state index is 12.3. The van der Waals surface area contributed by atoms with E-state index in [-0.39, 0.29) is 18.3 Å². The molecule has 0 unspecified atom stereocenters. The fraction of sp³-hybridized carbons (Fsp3) is 0.381. The number of hydrogen-bond donors (Lipinski definition) is 0. The number of rotatable bonds is 6. The van der Waals surface area contributed by atoms with Crippen LogP contribution in [-0.4, -0.2) is 38.2 Å². The average molecular weight is 355 g/mol. The molecule has 0 radical (unpaired) electrons. The van der Waals surface area contributed by atoms with Gasteiger partial charge >= 0.3 is 5.97 Å². The fourth-order valence-corrected chi connectivity index (χ4v) is 3.49. The van der Waals surface area contributed by atoms with E-state index in [1.165, 1.54) is 18.2 Å². The molecule has 0 saturated carbocycles. The van der Waals surface area contributed by atoms with E-state index in [4.69, 9.17) is 14.2 Å². The largest absolute Gasteiger partial charge is 0.468 e. The lowest BCUT2D eigenvalue weighted by molar-refractivity contribution is -0.148. The summed E-state index contributed by atoms with van der Waals surface area (Å²) in [5.41, 5.74) is 4.58. The summed E-state index contributed by atoms with van der Waals surface area (Å²) in [4.78, 5) is 14.5. The van der Waals surface area contributed by atoms with Crippen molar-refractivity contribution >= 4 is 5.97 Å². The summed E-state index contributed by atoms with van der Waals surface area (Å²) >= 11 is 0. The molecule has 0 fully saturated rings. The van der Waals surface area contributed by atoms with Gasteiger partial charge < -0.3 is 14.2 Å². The molecule has 1 atom stereocenters. The Morgan fingerprint density at radius 1 is 1.04 bits per heavy atom. The van der Waals surface area contributed by atoms with Gasteiger partial charge in [0.25, 0.3) is 0 Å². The molecule has 1 aliphatic heterocycles. The zero-order valence-corrected chi connectivity index (χ0v) is 15.5. The standard InChI is InChI=1S/C21H25NO4/c1-24-20(23)19-12-17-6-4-5-7-18(17)14-22(19)13-15-8-10-16(11-9-15)21(25-2)26-3/h4-11,19,21H,12-14H2,1-3H3/t19-/m0/s1. The Hall–Kier alpha value is -2.21. The zero-order valence-electron chi connectivity index (χ0n) is 15.5. The number of fused-ring (bicyclic) bond motifs is 1. The molecule has 138 valence electrons. The highest BCUT2D eigenvalue weighted by Gasteiger charge is 2.32. The molecule has 0 bridgehead atoms. The normalized spacial score (nSPS) is 17.2. The van der Waals surface area contributed by atoms with Crippen LogP contribution in [0.5, 0.6) is 0 Å². The molecule has 2 aromatic carbocycles. The molecule has 1 heterocycles. The first kappa shape index (κ1) is 18.6. The van der Waals surface area contributed by atoms with Gasteiger partial charge in [-0.2, -0.15) is 0 Å². The molecule has 26 heavy (non-hydrogen) atoms. The van der Waals surface area contributed by atoms with E-state index in [1.54, 1.807) is 14.2 Å². The molecular formula is C21H25NO4. The third-order valence-corrected chi connectivity index (χ3v) is 4.88. The summed E-state index contributed by atoms with van der Waals surface area (Å²) in [5.74, 6) is -0.185. The van der Waals surface area contributed by atoms with Gasteiger partial charge in [0.15, 0.2) is 6.29 Å². The molecule has 5 nitrogen and oxygen atoms in total. The van der Waals surface area contributed by atoms with Crippen LogP contribution >= 0.6 is 0 Å². The zero-order chi connectivity index (χ0) is 18.5. The second kappa shape index (κ2) is 8.45. The van der Waals surface area contributed by atoms with Crippen LogP contribution in [-0.2, 0) is 38.5 Å². The first-order chi connectivity index (χ1) is 12.7. The number of esters is 1. The third kappa shape index (κ3) is 3.96. The maximum Gasteiger partial charge on any atom is 0.323 e. The van der Waals surface area contributed by atoms with E-state index in [9.17, 15) is 4.79 Å².